The molecule has 1 unspecified atom stereocenters. The molecule has 0 saturated carbocycles. The third kappa shape index (κ3) is 2.26. The number of benzene rings is 1. The molecule has 1 saturated heterocycles. The molecule has 70 valence electrons. The Balaban J connectivity index is 1.98. The summed E-state index contributed by atoms with van der Waals surface area (Å²) in [6.45, 7) is 3.55. The summed E-state index contributed by atoms with van der Waals surface area (Å²) in [7, 11) is 0. The van der Waals surface area contributed by atoms with Gasteiger partial charge >= 0.3 is 0 Å². The summed E-state index contributed by atoms with van der Waals surface area (Å²) in [6, 6.07) is 11.4. The van der Waals surface area contributed by atoms with Crippen molar-refractivity contribution in [1.29, 1.82) is 0 Å². The zero-order valence-corrected chi connectivity index (χ0v) is 8.76. The molecule has 0 aliphatic carbocycles. The number of hydrogen-bond donors (Lipinski definition) is 0. The zero-order valence-electron chi connectivity index (χ0n) is 7.94. The molecule has 1 aromatic carbocycles. The lowest BCUT2D eigenvalue weighted by Crippen LogP contribution is -2.18. The van der Waals surface area contributed by atoms with E-state index in [0.717, 1.165) is 6.04 Å². The molecule has 1 heterocycles. The third-order valence-electron chi connectivity index (χ3n) is 2.46. The Morgan fingerprint density at radius 2 is 2.08 bits per heavy atom. The average molecular weight is 193 g/mol. The molecule has 1 nitrogen and oxygen atoms in total. The van der Waals surface area contributed by atoms with E-state index < -0.39 is 0 Å². The number of nitrogens with zero attached hydrogens (tertiary/aromatic N) is 1. The van der Waals surface area contributed by atoms with Crippen molar-refractivity contribution in [2.75, 3.05) is 6.54 Å². The highest BCUT2D eigenvalue weighted by atomic mass is 32.2. The molecule has 1 aliphatic rings. The maximum absolute atomic E-state index is 2.48. The molecule has 0 spiro atoms. The van der Waals surface area contributed by atoms with Crippen LogP contribution in [0, 0.1) is 0 Å². The fourth-order valence-electron chi connectivity index (χ4n) is 1.66. The summed E-state index contributed by atoms with van der Waals surface area (Å²) in [6.07, 6.45) is 2.70. The highest BCUT2D eigenvalue weighted by Crippen LogP contribution is 2.30. The van der Waals surface area contributed by atoms with Gasteiger partial charge in [-0.2, -0.15) is 0 Å². The number of hydrogen-bond acceptors (Lipinski definition) is 2. The molecule has 2 heteroatoms. The van der Waals surface area contributed by atoms with Crippen molar-refractivity contribution >= 4 is 11.9 Å². The van der Waals surface area contributed by atoms with Crippen LogP contribution >= 0.6 is 11.9 Å². The van der Waals surface area contributed by atoms with Gasteiger partial charge in [-0.3, -0.25) is 0 Å². The predicted octanol–water partition coefficient (Wildman–Crippen LogP) is 3.18. The van der Waals surface area contributed by atoms with Crippen LogP contribution in [0.15, 0.2) is 35.2 Å². The van der Waals surface area contributed by atoms with Gasteiger partial charge in [0.25, 0.3) is 0 Å². The molecule has 0 aromatic heterocycles. The summed E-state index contributed by atoms with van der Waals surface area (Å²) in [5, 5.41) is 0. The molecule has 0 N–H and O–H groups in total. The lowest BCUT2D eigenvalue weighted by atomic mass is 10.3. The summed E-state index contributed by atoms with van der Waals surface area (Å²) >= 11 is 1.89. The van der Waals surface area contributed by atoms with E-state index in [2.05, 4.69) is 41.6 Å². The topological polar surface area (TPSA) is 3.24 Å². The molecular weight excluding hydrogens is 178 g/mol. The molecule has 1 atom stereocenters. The Morgan fingerprint density at radius 3 is 2.69 bits per heavy atom. The molecular formula is C11H15NS. The normalized spacial score (nSPS) is 23.6. The quantitative estimate of drug-likeness (QED) is 0.664. The van der Waals surface area contributed by atoms with E-state index in [-0.39, 0.29) is 0 Å². The van der Waals surface area contributed by atoms with Crippen LogP contribution in [-0.2, 0) is 0 Å². The van der Waals surface area contributed by atoms with Gasteiger partial charge in [-0.05, 0) is 43.8 Å². The predicted molar refractivity (Wildman–Crippen MR) is 57.7 cm³/mol. The fraction of sp³-hybridized carbons (Fsp3) is 0.455. The Bertz CT molecular complexity index is 260. The van der Waals surface area contributed by atoms with Crippen molar-refractivity contribution in [3.05, 3.63) is 30.3 Å². The van der Waals surface area contributed by atoms with Crippen molar-refractivity contribution in [3.63, 3.8) is 0 Å². The first-order valence-corrected chi connectivity index (χ1v) is 5.63. The maximum Gasteiger partial charge on any atom is 0.0230 e. The average Bonchev–Trinajstić information content (AvgIpc) is 2.54. The van der Waals surface area contributed by atoms with E-state index in [1.807, 2.05) is 11.9 Å². The smallest absolute Gasteiger partial charge is 0.0230 e. The first kappa shape index (κ1) is 9.10. The van der Waals surface area contributed by atoms with Gasteiger partial charge in [0.2, 0.25) is 0 Å². The van der Waals surface area contributed by atoms with Crippen LogP contribution in [-0.4, -0.2) is 16.9 Å². The van der Waals surface area contributed by atoms with Crippen molar-refractivity contribution in [2.24, 2.45) is 0 Å². The first-order valence-electron chi connectivity index (χ1n) is 4.86. The molecule has 13 heavy (non-hydrogen) atoms. The SMILES string of the molecule is CC1CCCN1Sc1ccccc1. The Kier molecular flexibility index (Phi) is 2.91. The van der Waals surface area contributed by atoms with Crippen LogP contribution in [0.3, 0.4) is 0 Å². The molecule has 1 aliphatic heterocycles. The maximum atomic E-state index is 2.48. The summed E-state index contributed by atoms with van der Waals surface area (Å²) in [5.41, 5.74) is 0. The van der Waals surface area contributed by atoms with Crippen LogP contribution < -0.4 is 0 Å². The van der Waals surface area contributed by atoms with E-state index in [1.54, 1.807) is 0 Å². The highest BCUT2D eigenvalue weighted by molar-refractivity contribution is 7.97. The van der Waals surface area contributed by atoms with Gasteiger partial charge in [0.05, 0.1) is 0 Å². The van der Waals surface area contributed by atoms with Gasteiger partial charge in [0.15, 0.2) is 0 Å². The van der Waals surface area contributed by atoms with Gasteiger partial charge in [-0.25, -0.2) is 4.31 Å². The monoisotopic (exact) mass is 193 g/mol. The van der Waals surface area contributed by atoms with Gasteiger partial charge in [-0.15, -0.1) is 0 Å². The van der Waals surface area contributed by atoms with Crippen LogP contribution in [0.2, 0.25) is 0 Å². The fourth-order valence-corrected chi connectivity index (χ4v) is 2.71. The largest absolute Gasteiger partial charge is 0.244 e. The van der Waals surface area contributed by atoms with Gasteiger partial charge in [0.1, 0.15) is 0 Å². The molecule has 2 rings (SSSR count). The second-order valence-electron chi connectivity index (χ2n) is 3.54. The van der Waals surface area contributed by atoms with Crippen molar-refractivity contribution in [3.8, 4) is 0 Å². The molecule has 0 bridgehead atoms. The van der Waals surface area contributed by atoms with Gasteiger partial charge < -0.3 is 0 Å². The summed E-state index contributed by atoms with van der Waals surface area (Å²) < 4.78 is 2.48. The van der Waals surface area contributed by atoms with E-state index in [9.17, 15) is 0 Å². The van der Waals surface area contributed by atoms with Gasteiger partial charge in [0, 0.05) is 17.5 Å². The Morgan fingerprint density at radius 1 is 1.31 bits per heavy atom. The van der Waals surface area contributed by atoms with E-state index in [0.29, 0.717) is 0 Å². The second-order valence-corrected chi connectivity index (χ2v) is 4.66. The zero-order chi connectivity index (χ0) is 9.10. The van der Waals surface area contributed by atoms with Crippen LogP contribution in [0.25, 0.3) is 0 Å². The minimum absolute atomic E-state index is 0.741. The Labute approximate surface area is 84.3 Å². The summed E-state index contributed by atoms with van der Waals surface area (Å²) in [5.74, 6) is 0. The van der Waals surface area contributed by atoms with Crippen LogP contribution in [0.5, 0.6) is 0 Å². The van der Waals surface area contributed by atoms with Crippen LogP contribution in [0.1, 0.15) is 19.8 Å². The minimum Gasteiger partial charge on any atom is -0.244 e. The first-order chi connectivity index (χ1) is 6.36. The van der Waals surface area contributed by atoms with E-state index >= 15 is 0 Å². The van der Waals surface area contributed by atoms with E-state index in [4.69, 9.17) is 0 Å². The van der Waals surface area contributed by atoms with Gasteiger partial charge in [-0.1, -0.05) is 18.2 Å². The minimum atomic E-state index is 0.741. The highest BCUT2D eigenvalue weighted by Gasteiger charge is 2.20. The van der Waals surface area contributed by atoms with Crippen molar-refractivity contribution in [2.45, 2.75) is 30.7 Å². The molecule has 0 radical (unpaired) electrons. The van der Waals surface area contributed by atoms with Crippen LogP contribution in [0.4, 0.5) is 0 Å². The summed E-state index contributed by atoms with van der Waals surface area (Å²) in [4.78, 5) is 1.36. The Hall–Kier alpha value is -0.470. The lowest BCUT2D eigenvalue weighted by molar-refractivity contribution is 0.467. The van der Waals surface area contributed by atoms with Crippen molar-refractivity contribution in [1.82, 2.24) is 4.31 Å². The molecule has 0 amide bonds. The number of rotatable bonds is 2. The third-order valence-corrected chi connectivity index (χ3v) is 3.72. The second kappa shape index (κ2) is 4.16. The van der Waals surface area contributed by atoms with Crippen molar-refractivity contribution < 1.29 is 0 Å². The molecule has 1 aromatic rings. The standard InChI is InChI=1S/C11H15NS/c1-10-6-5-9-12(10)13-11-7-3-2-4-8-11/h2-4,7-8,10H,5-6,9H2,1H3. The lowest BCUT2D eigenvalue weighted by Gasteiger charge is -2.19. The molecule has 1 fully saturated rings. The van der Waals surface area contributed by atoms with E-state index in [1.165, 1.54) is 24.3 Å².